The van der Waals surface area contributed by atoms with Crippen molar-refractivity contribution in [3.05, 3.63) is 34.9 Å². The molecule has 0 radical (unpaired) electrons. The molecule has 1 aliphatic rings. The summed E-state index contributed by atoms with van der Waals surface area (Å²) in [5.41, 5.74) is 2.94. The molecule has 1 atom stereocenters. The average molecular weight is 278 g/mol. The zero-order valence-electron chi connectivity index (χ0n) is 11.4. The highest BCUT2D eigenvalue weighted by molar-refractivity contribution is 8.01. The summed E-state index contributed by atoms with van der Waals surface area (Å²) in [4.78, 5) is 23.9. The second-order valence-electron chi connectivity index (χ2n) is 4.98. The van der Waals surface area contributed by atoms with Crippen molar-refractivity contribution in [3.8, 4) is 0 Å². The van der Waals surface area contributed by atoms with Gasteiger partial charge < -0.3 is 4.74 Å². The minimum atomic E-state index is -0.282. The monoisotopic (exact) mass is 278 g/mol. The number of ketones is 1. The summed E-state index contributed by atoms with van der Waals surface area (Å²) < 4.78 is 4.82. The number of Topliss-reactive ketones (excluding diaryl/α,β-unsaturated/α-hetero) is 1. The molecule has 0 aliphatic carbocycles. The molecule has 1 unspecified atom stereocenters. The van der Waals surface area contributed by atoms with E-state index in [0.29, 0.717) is 18.1 Å². The topological polar surface area (TPSA) is 43.4 Å². The van der Waals surface area contributed by atoms with Crippen LogP contribution in [0, 0.1) is 0 Å². The lowest BCUT2D eigenvalue weighted by molar-refractivity contribution is -0.139. The van der Waals surface area contributed by atoms with Gasteiger partial charge in [0, 0.05) is 5.56 Å². The van der Waals surface area contributed by atoms with Crippen LogP contribution in [0.25, 0.3) is 0 Å². The van der Waals surface area contributed by atoms with E-state index in [2.05, 4.69) is 13.8 Å². The van der Waals surface area contributed by atoms with Crippen LogP contribution in [0.2, 0.25) is 0 Å². The van der Waals surface area contributed by atoms with Crippen LogP contribution in [0.1, 0.15) is 41.3 Å². The second-order valence-corrected chi connectivity index (χ2v) is 6.17. The molecule has 0 saturated heterocycles. The van der Waals surface area contributed by atoms with Crippen LogP contribution in [0.15, 0.2) is 18.2 Å². The van der Waals surface area contributed by atoms with Crippen molar-refractivity contribution in [2.45, 2.75) is 31.4 Å². The van der Waals surface area contributed by atoms with Crippen molar-refractivity contribution >= 4 is 23.5 Å². The van der Waals surface area contributed by atoms with Gasteiger partial charge in [-0.15, -0.1) is 11.8 Å². The molecule has 0 amide bonds. The van der Waals surface area contributed by atoms with Gasteiger partial charge in [0.1, 0.15) is 5.25 Å². The molecule has 4 heteroatoms. The van der Waals surface area contributed by atoms with Gasteiger partial charge in [0.2, 0.25) is 0 Å². The standard InChI is InChI=1S/C15H18O3S/c1-9(2)10-5-4-6-11-12(10)7-14(15(17)18-3)19-8-13(11)16/h4-6,9,14H,7-8H2,1-3H3. The Balaban J connectivity index is 2.47. The molecule has 102 valence electrons. The highest BCUT2D eigenvalue weighted by Gasteiger charge is 2.29. The van der Waals surface area contributed by atoms with Gasteiger partial charge in [0.15, 0.2) is 5.78 Å². The van der Waals surface area contributed by atoms with Crippen LogP contribution in [-0.4, -0.2) is 29.9 Å². The molecule has 1 aromatic carbocycles. The number of carbonyl (C=O) groups is 2. The molecule has 19 heavy (non-hydrogen) atoms. The number of hydrogen-bond donors (Lipinski definition) is 0. The van der Waals surface area contributed by atoms with E-state index < -0.39 is 0 Å². The normalized spacial score (nSPS) is 18.9. The number of rotatable bonds is 2. The third-order valence-electron chi connectivity index (χ3n) is 3.40. The lowest BCUT2D eigenvalue weighted by atomic mass is 9.89. The first-order valence-corrected chi connectivity index (χ1v) is 7.44. The lowest BCUT2D eigenvalue weighted by Crippen LogP contribution is -2.21. The Morgan fingerprint density at radius 3 is 2.79 bits per heavy atom. The summed E-state index contributed by atoms with van der Waals surface area (Å²) in [5, 5.41) is -0.282. The molecular weight excluding hydrogens is 260 g/mol. The number of benzene rings is 1. The first kappa shape index (κ1) is 14.1. The van der Waals surface area contributed by atoms with Crippen molar-refractivity contribution < 1.29 is 14.3 Å². The summed E-state index contributed by atoms with van der Waals surface area (Å²) in [6, 6.07) is 5.83. The van der Waals surface area contributed by atoms with Gasteiger partial charge in [-0.25, -0.2) is 0 Å². The number of ether oxygens (including phenoxy) is 1. The zero-order valence-corrected chi connectivity index (χ0v) is 12.3. The van der Waals surface area contributed by atoms with E-state index in [-0.39, 0.29) is 17.0 Å². The van der Waals surface area contributed by atoms with Gasteiger partial charge in [-0.3, -0.25) is 9.59 Å². The Hall–Kier alpha value is -1.29. The predicted octanol–water partition coefficient (Wildman–Crippen LogP) is 2.82. The van der Waals surface area contributed by atoms with Gasteiger partial charge >= 0.3 is 5.97 Å². The average Bonchev–Trinajstić information content (AvgIpc) is 2.57. The maximum Gasteiger partial charge on any atom is 0.319 e. The number of fused-ring (bicyclic) bond motifs is 1. The fourth-order valence-corrected chi connectivity index (χ4v) is 3.44. The largest absolute Gasteiger partial charge is 0.468 e. The van der Waals surface area contributed by atoms with Crippen LogP contribution >= 0.6 is 11.8 Å². The smallest absolute Gasteiger partial charge is 0.319 e. The van der Waals surface area contributed by atoms with Crippen molar-refractivity contribution in [3.63, 3.8) is 0 Å². The summed E-state index contributed by atoms with van der Waals surface area (Å²) in [6.07, 6.45) is 0.576. The molecule has 0 aromatic heterocycles. The summed E-state index contributed by atoms with van der Waals surface area (Å²) in [5.74, 6) is 0.538. The van der Waals surface area contributed by atoms with E-state index in [1.54, 1.807) is 0 Å². The van der Waals surface area contributed by atoms with E-state index in [1.807, 2.05) is 18.2 Å². The minimum Gasteiger partial charge on any atom is -0.468 e. The zero-order chi connectivity index (χ0) is 14.0. The van der Waals surface area contributed by atoms with Crippen molar-refractivity contribution in [1.82, 2.24) is 0 Å². The van der Waals surface area contributed by atoms with E-state index in [4.69, 9.17) is 4.74 Å². The highest BCUT2D eigenvalue weighted by atomic mass is 32.2. The second kappa shape index (κ2) is 5.78. The Morgan fingerprint density at radius 2 is 2.16 bits per heavy atom. The van der Waals surface area contributed by atoms with Gasteiger partial charge in [0.05, 0.1) is 12.9 Å². The first-order chi connectivity index (χ1) is 9.04. The molecule has 0 saturated carbocycles. The van der Waals surface area contributed by atoms with Gasteiger partial charge in [0.25, 0.3) is 0 Å². The minimum absolute atomic E-state index is 0.105. The van der Waals surface area contributed by atoms with Gasteiger partial charge in [-0.2, -0.15) is 0 Å². The predicted molar refractivity (Wildman–Crippen MR) is 76.8 cm³/mol. The van der Waals surface area contributed by atoms with Crippen molar-refractivity contribution in [2.75, 3.05) is 12.9 Å². The SMILES string of the molecule is COC(=O)C1Cc2c(cccc2C(C)C)C(=O)CS1. The molecule has 0 spiro atoms. The van der Waals surface area contributed by atoms with Gasteiger partial charge in [-0.1, -0.05) is 32.0 Å². The number of thioether (sulfide) groups is 1. The third-order valence-corrected chi connectivity index (χ3v) is 4.59. The Morgan fingerprint density at radius 1 is 1.42 bits per heavy atom. The molecule has 1 aliphatic heterocycles. The van der Waals surface area contributed by atoms with E-state index in [0.717, 1.165) is 16.7 Å². The Kier molecular flexibility index (Phi) is 4.30. The third kappa shape index (κ3) is 2.84. The summed E-state index contributed by atoms with van der Waals surface area (Å²) >= 11 is 1.38. The maximum atomic E-state index is 12.2. The molecule has 2 rings (SSSR count). The van der Waals surface area contributed by atoms with Crippen LogP contribution in [0.4, 0.5) is 0 Å². The fourth-order valence-electron chi connectivity index (χ4n) is 2.42. The van der Waals surface area contributed by atoms with E-state index in [1.165, 1.54) is 18.9 Å². The molecule has 1 heterocycles. The summed E-state index contributed by atoms with van der Waals surface area (Å²) in [7, 11) is 1.39. The number of hydrogen-bond acceptors (Lipinski definition) is 4. The fraction of sp³-hybridized carbons (Fsp3) is 0.467. The van der Waals surface area contributed by atoms with E-state index >= 15 is 0 Å². The number of esters is 1. The molecule has 1 aromatic rings. The van der Waals surface area contributed by atoms with Crippen LogP contribution < -0.4 is 0 Å². The molecular formula is C15H18O3S. The van der Waals surface area contributed by atoms with Gasteiger partial charge in [-0.05, 0) is 23.5 Å². The molecule has 0 bridgehead atoms. The number of carbonyl (C=O) groups excluding carboxylic acids is 2. The Bertz CT molecular complexity index is 508. The quantitative estimate of drug-likeness (QED) is 0.780. The van der Waals surface area contributed by atoms with Crippen LogP contribution in [0.5, 0.6) is 0 Å². The molecule has 3 nitrogen and oxygen atoms in total. The van der Waals surface area contributed by atoms with Crippen LogP contribution in [0.3, 0.4) is 0 Å². The van der Waals surface area contributed by atoms with Crippen LogP contribution in [-0.2, 0) is 16.0 Å². The van der Waals surface area contributed by atoms with Crippen molar-refractivity contribution in [2.24, 2.45) is 0 Å². The van der Waals surface area contributed by atoms with Crippen molar-refractivity contribution in [1.29, 1.82) is 0 Å². The molecule has 0 fully saturated rings. The lowest BCUT2D eigenvalue weighted by Gasteiger charge is -2.17. The first-order valence-electron chi connectivity index (χ1n) is 6.39. The highest BCUT2D eigenvalue weighted by Crippen LogP contribution is 2.31. The summed E-state index contributed by atoms with van der Waals surface area (Å²) in [6.45, 7) is 4.20. The number of methoxy groups -OCH3 is 1. The molecule has 0 N–H and O–H groups in total. The Labute approximate surface area is 117 Å². The maximum absolute atomic E-state index is 12.2. The van der Waals surface area contributed by atoms with E-state index in [9.17, 15) is 9.59 Å².